The molecule has 0 aliphatic carbocycles. The van der Waals surface area contributed by atoms with E-state index in [1.165, 1.54) is 4.31 Å². The zero-order chi connectivity index (χ0) is 15.3. The number of nitrogens with zero attached hydrogens (tertiary/aromatic N) is 1. The molecule has 0 heterocycles. The summed E-state index contributed by atoms with van der Waals surface area (Å²) in [6, 6.07) is 6.07. The molecule has 20 heavy (non-hydrogen) atoms. The summed E-state index contributed by atoms with van der Waals surface area (Å²) in [5.41, 5.74) is 0.981. The molecular weight excluding hydrogens is 274 g/mol. The minimum atomic E-state index is -3.71. The number of aliphatic hydroxyl groups is 1. The molecule has 0 spiro atoms. The number of rotatable bonds is 6. The van der Waals surface area contributed by atoms with E-state index in [9.17, 15) is 13.5 Å². The predicted molar refractivity (Wildman–Crippen MR) is 79.6 cm³/mol. The third-order valence-corrected chi connectivity index (χ3v) is 5.09. The van der Waals surface area contributed by atoms with Crippen LogP contribution in [0.2, 0.25) is 0 Å². The lowest BCUT2D eigenvalue weighted by Crippen LogP contribution is -2.45. The zero-order valence-electron chi connectivity index (χ0n) is 12.1. The molecule has 0 saturated heterocycles. The van der Waals surface area contributed by atoms with E-state index >= 15 is 0 Å². The Morgan fingerprint density at radius 1 is 1.30 bits per heavy atom. The van der Waals surface area contributed by atoms with E-state index in [2.05, 4.69) is 5.92 Å². The van der Waals surface area contributed by atoms with Gasteiger partial charge in [-0.25, -0.2) is 8.42 Å². The summed E-state index contributed by atoms with van der Waals surface area (Å²) in [5.74, 6) is 2.33. The number of hydrogen-bond donors (Lipinski definition) is 1. The molecule has 0 radical (unpaired) electrons. The molecule has 0 fully saturated rings. The number of terminal acetylenes is 1. The van der Waals surface area contributed by atoms with Crippen LogP contribution in [-0.2, 0) is 10.0 Å². The van der Waals surface area contributed by atoms with Crippen LogP contribution in [-0.4, -0.2) is 37.0 Å². The van der Waals surface area contributed by atoms with Crippen molar-refractivity contribution < 1.29 is 13.5 Å². The van der Waals surface area contributed by atoms with Gasteiger partial charge in [-0.1, -0.05) is 37.5 Å². The fourth-order valence-electron chi connectivity index (χ4n) is 1.95. The Morgan fingerprint density at radius 3 is 2.25 bits per heavy atom. The van der Waals surface area contributed by atoms with Crippen LogP contribution in [0.3, 0.4) is 0 Å². The second-order valence-electron chi connectivity index (χ2n) is 5.06. The highest BCUT2D eigenvalue weighted by Crippen LogP contribution is 2.21. The minimum Gasteiger partial charge on any atom is -0.395 e. The zero-order valence-corrected chi connectivity index (χ0v) is 12.9. The van der Waals surface area contributed by atoms with Gasteiger partial charge in [0.2, 0.25) is 10.0 Å². The van der Waals surface area contributed by atoms with Crippen LogP contribution in [0.5, 0.6) is 0 Å². The van der Waals surface area contributed by atoms with Crippen molar-refractivity contribution in [3.05, 3.63) is 29.8 Å². The normalized spacial score (nSPS) is 13.4. The molecule has 1 N–H and O–H groups in total. The highest BCUT2D eigenvalue weighted by atomic mass is 32.2. The molecule has 0 saturated carbocycles. The van der Waals surface area contributed by atoms with E-state index in [0.29, 0.717) is 0 Å². The average molecular weight is 295 g/mol. The van der Waals surface area contributed by atoms with Crippen molar-refractivity contribution in [2.75, 3.05) is 13.2 Å². The van der Waals surface area contributed by atoms with Crippen LogP contribution in [0.15, 0.2) is 29.2 Å². The van der Waals surface area contributed by atoms with Crippen LogP contribution in [0.25, 0.3) is 0 Å². The van der Waals surface area contributed by atoms with Crippen LogP contribution >= 0.6 is 0 Å². The fraction of sp³-hybridized carbons (Fsp3) is 0.467. The second-order valence-corrected chi connectivity index (χ2v) is 6.95. The van der Waals surface area contributed by atoms with E-state index < -0.39 is 16.1 Å². The summed E-state index contributed by atoms with van der Waals surface area (Å²) in [6.07, 6.45) is 5.28. The maximum Gasteiger partial charge on any atom is 0.244 e. The molecule has 1 atom stereocenters. The average Bonchev–Trinajstić information content (AvgIpc) is 2.38. The van der Waals surface area contributed by atoms with Crippen molar-refractivity contribution in [1.82, 2.24) is 4.31 Å². The molecule has 0 aliphatic heterocycles. The lowest BCUT2D eigenvalue weighted by atomic mass is 10.1. The number of aryl methyl sites for hydroxylation is 1. The maximum atomic E-state index is 12.7. The molecule has 0 aromatic heterocycles. The van der Waals surface area contributed by atoms with Crippen molar-refractivity contribution in [2.45, 2.75) is 31.7 Å². The molecule has 4 nitrogen and oxygen atoms in total. The third kappa shape index (κ3) is 3.60. The SMILES string of the molecule is C#CCN([C@H](CO)C(C)C)S(=O)(=O)c1ccc(C)cc1. The van der Waals surface area contributed by atoms with Crippen LogP contribution in [0.4, 0.5) is 0 Å². The van der Waals surface area contributed by atoms with Crippen LogP contribution in [0, 0.1) is 25.2 Å². The van der Waals surface area contributed by atoms with E-state index in [0.717, 1.165) is 5.56 Å². The van der Waals surface area contributed by atoms with Gasteiger partial charge in [0.15, 0.2) is 0 Å². The molecule has 0 unspecified atom stereocenters. The minimum absolute atomic E-state index is 0.0337. The third-order valence-electron chi connectivity index (χ3n) is 3.20. The van der Waals surface area contributed by atoms with Gasteiger partial charge in [0.1, 0.15) is 0 Å². The van der Waals surface area contributed by atoms with Crippen molar-refractivity contribution in [3.8, 4) is 12.3 Å². The Hall–Kier alpha value is -1.35. The highest BCUT2D eigenvalue weighted by Gasteiger charge is 2.32. The Bertz CT molecular complexity index is 570. The van der Waals surface area contributed by atoms with Gasteiger partial charge in [-0.05, 0) is 25.0 Å². The van der Waals surface area contributed by atoms with E-state index in [1.54, 1.807) is 24.3 Å². The van der Waals surface area contributed by atoms with Crippen molar-refractivity contribution >= 4 is 10.0 Å². The first-order valence-electron chi connectivity index (χ1n) is 6.47. The molecule has 5 heteroatoms. The van der Waals surface area contributed by atoms with Gasteiger partial charge in [-0.15, -0.1) is 6.42 Å². The topological polar surface area (TPSA) is 57.6 Å². The molecular formula is C15H21NO3S. The summed E-state index contributed by atoms with van der Waals surface area (Å²) < 4.78 is 26.5. The molecule has 0 bridgehead atoms. The Labute approximate surface area is 121 Å². The number of benzene rings is 1. The maximum absolute atomic E-state index is 12.7. The van der Waals surface area contributed by atoms with Gasteiger partial charge < -0.3 is 5.11 Å². The van der Waals surface area contributed by atoms with E-state index in [4.69, 9.17) is 6.42 Å². The number of aliphatic hydroxyl groups excluding tert-OH is 1. The van der Waals surface area contributed by atoms with Crippen LogP contribution < -0.4 is 0 Å². The summed E-state index contributed by atoms with van der Waals surface area (Å²) in [5, 5.41) is 9.47. The van der Waals surface area contributed by atoms with Crippen LogP contribution in [0.1, 0.15) is 19.4 Å². The Balaban J connectivity index is 3.25. The van der Waals surface area contributed by atoms with Gasteiger partial charge in [0, 0.05) is 0 Å². The molecule has 0 amide bonds. The molecule has 1 aromatic rings. The number of sulfonamides is 1. The molecule has 1 rings (SSSR count). The van der Waals surface area contributed by atoms with Crippen molar-refractivity contribution in [1.29, 1.82) is 0 Å². The van der Waals surface area contributed by atoms with Gasteiger partial charge in [0.25, 0.3) is 0 Å². The summed E-state index contributed by atoms with van der Waals surface area (Å²) >= 11 is 0. The van der Waals surface area contributed by atoms with E-state index in [-0.39, 0.29) is 24.0 Å². The smallest absolute Gasteiger partial charge is 0.244 e. The van der Waals surface area contributed by atoms with Crippen molar-refractivity contribution in [2.24, 2.45) is 5.92 Å². The predicted octanol–water partition coefficient (Wildman–Crippen LogP) is 1.64. The van der Waals surface area contributed by atoms with Gasteiger partial charge in [0.05, 0.1) is 24.1 Å². The highest BCUT2D eigenvalue weighted by molar-refractivity contribution is 7.89. The largest absolute Gasteiger partial charge is 0.395 e. The Kier molecular flexibility index (Phi) is 5.75. The quantitative estimate of drug-likeness (QED) is 0.812. The summed E-state index contributed by atoms with van der Waals surface area (Å²) in [4.78, 5) is 0.192. The first-order valence-corrected chi connectivity index (χ1v) is 7.91. The molecule has 1 aromatic carbocycles. The van der Waals surface area contributed by atoms with Gasteiger partial charge in [-0.2, -0.15) is 4.31 Å². The monoisotopic (exact) mass is 295 g/mol. The number of hydrogen-bond acceptors (Lipinski definition) is 3. The van der Waals surface area contributed by atoms with Crippen molar-refractivity contribution in [3.63, 3.8) is 0 Å². The lowest BCUT2D eigenvalue weighted by molar-refractivity contribution is 0.160. The second kappa shape index (κ2) is 6.89. The van der Waals surface area contributed by atoms with Gasteiger partial charge >= 0.3 is 0 Å². The fourth-order valence-corrected chi connectivity index (χ4v) is 3.61. The Morgan fingerprint density at radius 2 is 1.85 bits per heavy atom. The van der Waals surface area contributed by atoms with E-state index in [1.807, 2.05) is 20.8 Å². The first-order chi connectivity index (χ1) is 9.34. The standard InChI is InChI=1S/C15H21NO3S/c1-5-10-16(15(11-17)12(2)3)20(18,19)14-8-6-13(4)7-9-14/h1,6-9,12,15,17H,10-11H2,2-4H3/t15-/m1/s1. The lowest BCUT2D eigenvalue weighted by Gasteiger charge is -2.30. The molecule has 110 valence electrons. The van der Waals surface area contributed by atoms with Gasteiger partial charge in [-0.3, -0.25) is 0 Å². The molecule has 0 aliphatic rings. The summed E-state index contributed by atoms with van der Waals surface area (Å²) in [6.45, 7) is 5.29. The summed E-state index contributed by atoms with van der Waals surface area (Å²) in [7, 11) is -3.71. The first kappa shape index (κ1) is 16.7.